The molecule has 4 heteroatoms. The monoisotopic (exact) mass is 478 g/mol. The highest BCUT2D eigenvalue weighted by atomic mass is 16.3. The molecule has 1 atom stereocenters. The fourth-order valence-corrected chi connectivity index (χ4v) is 5.42. The van der Waals surface area contributed by atoms with Gasteiger partial charge in [0.05, 0.1) is 0 Å². The van der Waals surface area contributed by atoms with Crippen LogP contribution < -0.4 is 4.90 Å². The van der Waals surface area contributed by atoms with Crippen molar-refractivity contribution in [2.24, 2.45) is 0 Å². The predicted octanol–water partition coefficient (Wildman–Crippen LogP) is 7.37. The van der Waals surface area contributed by atoms with Crippen LogP contribution in [0.15, 0.2) is 122 Å². The van der Waals surface area contributed by atoms with Gasteiger partial charge in [-0.1, -0.05) is 84.9 Å². The maximum atomic E-state index is 13.8. The Morgan fingerprint density at radius 2 is 1.49 bits per heavy atom. The van der Waals surface area contributed by atoms with Crippen molar-refractivity contribution in [1.29, 1.82) is 0 Å². The Kier molecular flexibility index (Phi) is 4.88. The number of fused-ring (bicyclic) bond motifs is 1. The SMILES string of the molecule is O=C1c2cccc3c(-c4ccc(-c5cccnc5)cc4)ccc(c23)C(O)N1c1ccc2ccccc2c1. The number of aromatic nitrogens is 1. The smallest absolute Gasteiger partial charge is 0.261 e. The van der Waals surface area contributed by atoms with E-state index in [0.717, 1.165) is 49.4 Å². The minimum absolute atomic E-state index is 0.204. The van der Waals surface area contributed by atoms with Gasteiger partial charge in [-0.25, -0.2) is 0 Å². The van der Waals surface area contributed by atoms with Crippen LogP contribution in [-0.2, 0) is 0 Å². The summed E-state index contributed by atoms with van der Waals surface area (Å²) in [4.78, 5) is 19.5. The first kappa shape index (κ1) is 21.5. The molecular weight excluding hydrogens is 456 g/mol. The number of anilines is 1. The second kappa shape index (κ2) is 8.40. The van der Waals surface area contributed by atoms with Crippen molar-refractivity contribution >= 4 is 33.1 Å². The van der Waals surface area contributed by atoms with Gasteiger partial charge in [-0.15, -0.1) is 0 Å². The van der Waals surface area contributed by atoms with Gasteiger partial charge in [0.1, 0.15) is 0 Å². The van der Waals surface area contributed by atoms with Gasteiger partial charge in [0, 0.05) is 34.6 Å². The number of aliphatic hydroxyl groups excluding tert-OH is 1. The van der Waals surface area contributed by atoms with E-state index in [1.807, 2.05) is 91.1 Å². The topological polar surface area (TPSA) is 53.4 Å². The van der Waals surface area contributed by atoms with Crippen molar-refractivity contribution < 1.29 is 9.90 Å². The summed E-state index contributed by atoms with van der Waals surface area (Å²) in [6.07, 6.45) is 2.54. The molecule has 176 valence electrons. The number of nitrogens with zero attached hydrogens (tertiary/aromatic N) is 2. The van der Waals surface area contributed by atoms with E-state index in [9.17, 15) is 9.90 Å². The van der Waals surface area contributed by atoms with Gasteiger partial charge in [0.2, 0.25) is 0 Å². The third kappa shape index (κ3) is 3.42. The number of hydrogen-bond acceptors (Lipinski definition) is 3. The Morgan fingerprint density at radius 1 is 0.676 bits per heavy atom. The summed E-state index contributed by atoms with van der Waals surface area (Å²) in [5, 5.41) is 15.3. The van der Waals surface area contributed by atoms with E-state index < -0.39 is 6.23 Å². The van der Waals surface area contributed by atoms with E-state index in [-0.39, 0.29) is 5.91 Å². The van der Waals surface area contributed by atoms with E-state index in [4.69, 9.17) is 0 Å². The number of rotatable bonds is 3. The number of carbonyl (C=O) groups excluding carboxylic acids is 1. The van der Waals surface area contributed by atoms with Gasteiger partial charge in [-0.05, 0) is 62.7 Å². The van der Waals surface area contributed by atoms with Crippen molar-refractivity contribution in [2.45, 2.75) is 6.23 Å². The molecule has 0 fully saturated rings. The van der Waals surface area contributed by atoms with E-state index in [2.05, 4.69) is 29.2 Å². The highest BCUT2D eigenvalue weighted by Crippen LogP contribution is 2.42. The molecule has 0 radical (unpaired) electrons. The third-order valence-electron chi connectivity index (χ3n) is 7.25. The first-order chi connectivity index (χ1) is 18.2. The summed E-state index contributed by atoms with van der Waals surface area (Å²) in [7, 11) is 0. The van der Waals surface area contributed by atoms with Crippen LogP contribution in [-0.4, -0.2) is 16.0 Å². The molecule has 5 aromatic carbocycles. The van der Waals surface area contributed by atoms with Gasteiger partial charge >= 0.3 is 0 Å². The number of benzene rings is 5. The Bertz CT molecular complexity index is 1810. The van der Waals surface area contributed by atoms with Crippen LogP contribution in [0.2, 0.25) is 0 Å². The van der Waals surface area contributed by atoms with Crippen LogP contribution >= 0.6 is 0 Å². The maximum Gasteiger partial charge on any atom is 0.261 e. The summed E-state index contributed by atoms with van der Waals surface area (Å²) < 4.78 is 0. The van der Waals surface area contributed by atoms with Gasteiger partial charge in [-0.2, -0.15) is 0 Å². The lowest BCUT2D eigenvalue weighted by atomic mass is 9.88. The summed E-state index contributed by atoms with van der Waals surface area (Å²) >= 11 is 0. The Labute approximate surface area is 214 Å². The fraction of sp³-hybridized carbons (Fsp3) is 0.0303. The number of amides is 1. The summed E-state index contributed by atoms with van der Waals surface area (Å²) in [6, 6.07) is 36.0. The van der Waals surface area contributed by atoms with Crippen molar-refractivity contribution in [3.8, 4) is 22.3 Å². The lowest BCUT2D eigenvalue weighted by Gasteiger charge is -2.34. The standard InChI is InChI=1S/C33H22N2O2/c36-32-29-9-3-8-28-27(23-12-10-22(11-13-23)25-7-4-18-34-20-25)16-17-30(31(28)29)33(37)35(32)26-15-14-21-5-1-2-6-24(21)19-26/h1-20,33,37H. The Hall–Kier alpha value is -4.80. The largest absolute Gasteiger partial charge is 0.369 e. The van der Waals surface area contributed by atoms with Gasteiger partial charge in [0.25, 0.3) is 5.91 Å². The number of carbonyl (C=O) groups is 1. The maximum absolute atomic E-state index is 13.8. The highest BCUT2D eigenvalue weighted by Gasteiger charge is 2.34. The van der Waals surface area contributed by atoms with Crippen LogP contribution in [0.4, 0.5) is 5.69 Å². The molecule has 7 rings (SSSR count). The van der Waals surface area contributed by atoms with Crippen molar-refractivity contribution in [1.82, 2.24) is 4.98 Å². The molecule has 37 heavy (non-hydrogen) atoms. The predicted molar refractivity (Wildman–Crippen MR) is 148 cm³/mol. The van der Waals surface area contributed by atoms with Crippen molar-refractivity contribution in [3.05, 3.63) is 133 Å². The molecule has 1 amide bonds. The minimum atomic E-state index is -1.08. The van der Waals surface area contributed by atoms with E-state index in [0.29, 0.717) is 11.3 Å². The Balaban J connectivity index is 1.33. The van der Waals surface area contributed by atoms with Crippen molar-refractivity contribution in [2.75, 3.05) is 4.90 Å². The quantitative estimate of drug-likeness (QED) is 0.289. The number of pyridine rings is 1. The lowest BCUT2D eigenvalue weighted by molar-refractivity contribution is 0.0879. The lowest BCUT2D eigenvalue weighted by Crippen LogP contribution is -2.38. The molecule has 1 N–H and O–H groups in total. The van der Waals surface area contributed by atoms with Gasteiger partial charge in [0.15, 0.2) is 6.23 Å². The zero-order valence-corrected chi connectivity index (χ0v) is 19.9. The molecule has 1 aromatic heterocycles. The molecule has 6 aromatic rings. The van der Waals surface area contributed by atoms with Crippen LogP contribution in [0.3, 0.4) is 0 Å². The molecule has 0 saturated carbocycles. The molecule has 1 aliphatic heterocycles. The molecule has 0 spiro atoms. The van der Waals surface area contributed by atoms with Crippen LogP contribution in [0.5, 0.6) is 0 Å². The minimum Gasteiger partial charge on any atom is -0.369 e. The zero-order chi connectivity index (χ0) is 24.9. The first-order valence-corrected chi connectivity index (χ1v) is 12.3. The molecule has 1 aliphatic rings. The second-order valence-corrected chi connectivity index (χ2v) is 9.33. The van der Waals surface area contributed by atoms with Crippen LogP contribution in [0.25, 0.3) is 43.8 Å². The van der Waals surface area contributed by atoms with Gasteiger partial charge in [-0.3, -0.25) is 14.7 Å². The second-order valence-electron chi connectivity index (χ2n) is 9.33. The van der Waals surface area contributed by atoms with Crippen molar-refractivity contribution in [3.63, 3.8) is 0 Å². The van der Waals surface area contributed by atoms with E-state index in [1.165, 1.54) is 4.90 Å². The third-order valence-corrected chi connectivity index (χ3v) is 7.25. The Morgan fingerprint density at radius 3 is 2.30 bits per heavy atom. The van der Waals surface area contributed by atoms with E-state index in [1.54, 1.807) is 6.20 Å². The molecule has 0 bridgehead atoms. The number of hydrogen-bond donors (Lipinski definition) is 1. The highest BCUT2D eigenvalue weighted by molar-refractivity contribution is 6.19. The average Bonchev–Trinajstić information content (AvgIpc) is 2.96. The molecular formula is C33H22N2O2. The molecule has 2 heterocycles. The average molecular weight is 479 g/mol. The van der Waals surface area contributed by atoms with Crippen LogP contribution in [0, 0.1) is 0 Å². The molecule has 0 aliphatic carbocycles. The molecule has 0 saturated heterocycles. The molecule has 1 unspecified atom stereocenters. The van der Waals surface area contributed by atoms with Gasteiger partial charge < -0.3 is 5.11 Å². The summed E-state index contributed by atoms with van der Waals surface area (Å²) in [5.74, 6) is -0.204. The normalized spacial score (nSPS) is 14.9. The fourth-order valence-electron chi connectivity index (χ4n) is 5.42. The van der Waals surface area contributed by atoms with E-state index >= 15 is 0 Å². The summed E-state index contributed by atoms with van der Waals surface area (Å²) in [6.45, 7) is 0. The molecule has 4 nitrogen and oxygen atoms in total. The summed E-state index contributed by atoms with van der Waals surface area (Å²) in [5.41, 5.74) is 6.24. The van der Waals surface area contributed by atoms with Crippen LogP contribution in [0.1, 0.15) is 22.1 Å². The number of aliphatic hydroxyl groups is 1. The zero-order valence-electron chi connectivity index (χ0n) is 19.9. The first-order valence-electron chi connectivity index (χ1n) is 12.3.